The molecule has 2 aromatic rings. The van der Waals surface area contributed by atoms with E-state index >= 15 is 0 Å². The van der Waals surface area contributed by atoms with Gasteiger partial charge in [0.2, 0.25) is 0 Å². The van der Waals surface area contributed by atoms with Crippen molar-refractivity contribution < 1.29 is 13.9 Å². The van der Waals surface area contributed by atoms with Crippen LogP contribution in [0.5, 0.6) is 0 Å². The quantitative estimate of drug-likeness (QED) is 0.116. The van der Waals surface area contributed by atoms with Gasteiger partial charge in [0, 0.05) is 13.2 Å². The maximum atomic E-state index is 7.18. The highest BCUT2D eigenvalue weighted by molar-refractivity contribution is 6.99. The molecule has 38 heavy (non-hydrogen) atoms. The molecule has 0 spiro atoms. The van der Waals surface area contributed by atoms with Crippen LogP contribution < -0.4 is 10.4 Å². The van der Waals surface area contributed by atoms with Crippen molar-refractivity contribution in [1.29, 1.82) is 0 Å². The molecule has 0 aliphatic carbocycles. The van der Waals surface area contributed by atoms with Crippen molar-refractivity contribution >= 4 is 18.7 Å². The lowest BCUT2D eigenvalue weighted by molar-refractivity contribution is -0.191. The van der Waals surface area contributed by atoms with Crippen LogP contribution in [0.4, 0.5) is 0 Å². The normalized spacial score (nSPS) is 17.3. The van der Waals surface area contributed by atoms with Gasteiger partial charge in [0.15, 0.2) is 6.29 Å². The maximum Gasteiger partial charge on any atom is 0.261 e. The van der Waals surface area contributed by atoms with Crippen LogP contribution in [-0.4, -0.2) is 33.9 Å². The average molecular weight is 537 g/mol. The van der Waals surface area contributed by atoms with Crippen molar-refractivity contribution in [3.63, 3.8) is 0 Å². The molecule has 4 heteroatoms. The highest BCUT2D eigenvalue weighted by Crippen LogP contribution is 2.37. The van der Waals surface area contributed by atoms with E-state index in [4.69, 9.17) is 13.9 Å². The fraction of sp³-hybridized carbons (Fsp3) is 0.588. The van der Waals surface area contributed by atoms with Crippen molar-refractivity contribution in [1.82, 2.24) is 0 Å². The van der Waals surface area contributed by atoms with Gasteiger partial charge in [-0.3, -0.25) is 0 Å². The molecule has 1 unspecified atom stereocenters. The number of allylic oxidation sites excluding steroid dienone is 1. The van der Waals surface area contributed by atoms with Gasteiger partial charge in [-0.15, -0.1) is 6.58 Å². The molecule has 1 heterocycles. The summed E-state index contributed by atoms with van der Waals surface area (Å²) < 4.78 is 19.7. The van der Waals surface area contributed by atoms with E-state index in [2.05, 4.69) is 88.0 Å². The van der Waals surface area contributed by atoms with E-state index in [0.717, 1.165) is 38.7 Å². The molecule has 0 N–H and O–H groups in total. The number of ether oxygens (including phenoxy) is 2. The number of benzene rings is 2. The molecule has 210 valence electrons. The molecule has 0 amide bonds. The minimum absolute atomic E-state index is 0.00978. The maximum absolute atomic E-state index is 7.18. The minimum atomic E-state index is -2.52. The lowest BCUT2D eigenvalue weighted by Gasteiger charge is -2.43. The number of hydrogen-bond donors (Lipinski definition) is 0. The third-order valence-electron chi connectivity index (χ3n) is 7.84. The largest absolute Gasteiger partial charge is 0.407 e. The Morgan fingerprint density at radius 1 is 0.868 bits per heavy atom. The minimum Gasteiger partial charge on any atom is -0.407 e. The summed E-state index contributed by atoms with van der Waals surface area (Å²) in [6.45, 7) is 12.4. The molecule has 0 bridgehead atoms. The van der Waals surface area contributed by atoms with Gasteiger partial charge in [-0.1, -0.05) is 120 Å². The Balaban J connectivity index is 1.67. The second-order valence-electron chi connectivity index (χ2n) is 11.8. The fourth-order valence-corrected chi connectivity index (χ4v) is 10.4. The van der Waals surface area contributed by atoms with E-state index in [1.54, 1.807) is 0 Å². The summed E-state index contributed by atoms with van der Waals surface area (Å²) in [6, 6.07) is 21.9. The molecular weight excluding hydrogens is 484 g/mol. The molecule has 0 radical (unpaired) electrons. The first-order chi connectivity index (χ1) is 18.5. The van der Waals surface area contributed by atoms with Crippen LogP contribution in [0.25, 0.3) is 0 Å². The first kappa shape index (κ1) is 30.8. The monoisotopic (exact) mass is 536 g/mol. The van der Waals surface area contributed by atoms with Gasteiger partial charge < -0.3 is 13.9 Å². The van der Waals surface area contributed by atoms with Gasteiger partial charge in [0.05, 0.1) is 6.10 Å². The fourth-order valence-electron chi connectivity index (χ4n) is 5.79. The van der Waals surface area contributed by atoms with Gasteiger partial charge in [0.25, 0.3) is 8.32 Å². The Morgan fingerprint density at radius 2 is 1.47 bits per heavy atom. The molecule has 2 aromatic carbocycles. The second kappa shape index (κ2) is 16.4. The molecule has 1 saturated heterocycles. The lowest BCUT2D eigenvalue weighted by Crippen LogP contribution is -2.66. The Morgan fingerprint density at radius 3 is 2.03 bits per heavy atom. The Bertz CT molecular complexity index is 847. The van der Waals surface area contributed by atoms with E-state index in [-0.39, 0.29) is 17.4 Å². The third-order valence-corrected chi connectivity index (χ3v) is 12.9. The lowest BCUT2D eigenvalue weighted by atomic mass is 10.0. The Labute approximate surface area is 234 Å². The molecule has 0 aromatic heterocycles. The molecule has 3 nitrogen and oxygen atoms in total. The van der Waals surface area contributed by atoms with Crippen LogP contribution in [0.3, 0.4) is 0 Å². The highest BCUT2D eigenvalue weighted by Gasteiger charge is 2.50. The highest BCUT2D eigenvalue weighted by atomic mass is 28.4. The first-order valence-electron chi connectivity index (χ1n) is 15.1. The molecule has 1 aliphatic rings. The van der Waals surface area contributed by atoms with Gasteiger partial charge in [0.1, 0.15) is 0 Å². The van der Waals surface area contributed by atoms with Crippen molar-refractivity contribution in [3.8, 4) is 0 Å². The zero-order valence-electron chi connectivity index (χ0n) is 24.3. The predicted molar refractivity (Wildman–Crippen MR) is 164 cm³/mol. The third kappa shape index (κ3) is 9.19. The van der Waals surface area contributed by atoms with Crippen molar-refractivity contribution in [2.75, 3.05) is 13.2 Å². The van der Waals surface area contributed by atoms with Crippen molar-refractivity contribution in [2.24, 2.45) is 0 Å². The zero-order valence-corrected chi connectivity index (χ0v) is 25.3. The van der Waals surface area contributed by atoms with Gasteiger partial charge in [-0.05, 0) is 60.4 Å². The topological polar surface area (TPSA) is 27.7 Å². The Hall–Kier alpha value is -1.72. The van der Waals surface area contributed by atoms with Gasteiger partial charge >= 0.3 is 0 Å². The van der Waals surface area contributed by atoms with Crippen LogP contribution in [0.2, 0.25) is 5.04 Å². The van der Waals surface area contributed by atoms with Gasteiger partial charge in [-0.2, -0.15) is 0 Å². The number of rotatable bonds is 17. The van der Waals surface area contributed by atoms with Crippen LogP contribution in [0.15, 0.2) is 73.3 Å². The van der Waals surface area contributed by atoms with Crippen LogP contribution in [-0.2, 0) is 13.9 Å². The molecule has 1 aliphatic heterocycles. The van der Waals surface area contributed by atoms with Crippen LogP contribution >= 0.6 is 0 Å². The summed E-state index contributed by atoms with van der Waals surface area (Å²) >= 11 is 0. The summed E-state index contributed by atoms with van der Waals surface area (Å²) in [5, 5.41) is 2.66. The molecule has 2 atom stereocenters. The smallest absolute Gasteiger partial charge is 0.261 e. The Kier molecular flexibility index (Phi) is 13.3. The van der Waals surface area contributed by atoms with Crippen molar-refractivity contribution in [2.45, 2.75) is 115 Å². The van der Waals surface area contributed by atoms with E-state index in [1.807, 2.05) is 6.08 Å². The van der Waals surface area contributed by atoms with E-state index in [9.17, 15) is 0 Å². The summed E-state index contributed by atoms with van der Waals surface area (Å²) in [7, 11) is -2.52. The van der Waals surface area contributed by atoms with Gasteiger partial charge in [-0.25, -0.2) is 0 Å². The predicted octanol–water partition coefficient (Wildman–Crippen LogP) is 8.17. The van der Waals surface area contributed by atoms with Crippen molar-refractivity contribution in [3.05, 3.63) is 73.3 Å². The second-order valence-corrected chi connectivity index (χ2v) is 16.1. The zero-order chi connectivity index (χ0) is 27.1. The SMILES string of the molecule is C=CCCCCCCCC[C@H](CCO[Si](c1ccccc1)(c1ccccc1)C(C)(C)C)OC1CCCCO1. The number of hydrogen-bond acceptors (Lipinski definition) is 3. The standard InChI is InChI=1S/C34H52O3Si/c1-5-6-7-8-9-10-11-14-21-30(37-33-26-19-20-28-35-33)27-29-36-38(34(2,3)4,31-22-15-12-16-23-31)32-24-17-13-18-25-32/h5,12-13,15-18,22-25,30,33H,1,6-11,14,19-21,26-29H2,2-4H3/t30-,33?/m1/s1. The first-order valence-corrected chi connectivity index (χ1v) is 17.0. The van der Waals surface area contributed by atoms with E-state index in [0.29, 0.717) is 6.61 Å². The van der Waals surface area contributed by atoms with Crippen LogP contribution in [0.1, 0.15) is 97.8 Å². The van der Waals surface area contributed by atoms with Crippen LogP contribution in [0, 0.1) is 0 Å². The average Bonchev–Trinajstić information content (AvgIpc) is 2.93. The van der Waals surface area contributed by atoms with E-state index < -0.39 is 8.32 Å². The summed E-state index contributed by atoms with van der Waals surface area (Å²) in [5.41, 5.74) is 0. The molecule has 0 saturated carbocycles. The van der Waals surface area contributed by atoms with E-state index in [1.165, 1.54) is 55.3 Å². The molecule has 1 fully saturated rings. The summed E-state index contributed by atoms with van der Waals surface area (Å²) in [4.78, 5) is 0. The number of unbranched alkanes of at least 4 members (excludes halogenated alkanes) is 6. The summed E-state index contributed by atoms with van der Waals surface area (Å²) in [6.07, 6.45) is 16.3. The summed E-state index contributed by atoms with van der Waals surface area (Å²) in [5.74, 6) is 0. The molecular formula is C34H52O3Si. The molecule has 3 rings (SSSR count).